The van der Waals surface area contributed by atoms with E-state index in [0.29, 0.717) is 10.8 Å². The molecule has 0 unspecified atom stereocenters. The van der Waals surface area contributed by atoms with Gasteiger partial charge in [0.05, 0.1) is 12.1 Å². The summed E-state index contributed by atoms with van der Waals surface area (Å²) < 4.78 is 0. The van der Waals surface area contributed by atoms with Crippen LogP contribution in [0, 0.1) is 13.8 Å². The number of carbonyl (C=O) groups excluding carboxylic acids is 2. The van der Waals surface area contributed by atoms with Crippen LogP contribution in [-0.2, 0) is 16.0 Å². The number of rotatable bonds is 4. The number of anilines is 2. The van der Waals surface area contributed by atoms with Gasteiger partial charge in [-0.05, 0) is 31.0 Å². The summed E-state index contributed by atoms with van der Waals surface area (Å²) in [6.45, 7) is 5.36. The number of hydrogen-bond acceptors (Lipinski definition) is 4. The minimum atomic E-state index is -0.171. The SMILES string of the molecule is CC(=O)Nc1nc(CC(=O)Nc2cc(C)ccc2C)cs1. The molecule has 0 saturated carbocycles. The smallest absolute Gasteiger partial charge is 0.230 e. The molecule has 1 heterocycles. The van der Waals surface area contributed by atoms with E-state index < -0.39 is 0 Å². The molecule has 0 fully saturated rings. The second-order valence-electron chi connectivity index (χ2n) is 4.87. The lowest BCUT2D eigenvalue weighted by molar-refractivity contribution is -0.116. The third kappa shape index (κ3) is 4.39. The summed E-state index contributed by atoms with van der Waals surface area (Å²) in [7, 11) is 0. The fourth-order valence-electron chi connectivity index (χ4n) is 1.83. The largest absolute Gasteiger partial charge is 0.325 e. The van der Waals surface area contributed by atoms with Gasteiger partial charge in [-0.2, -0.15) is 0 Å². The Morgan fingerprint density at radius 1 is 1.24 bits per heavy atom. The molecule has 0 aliphatic heterocycles. The molecule has 0 saturated heterocycles. The fourth-order valence-corrected chi connectivity index (χ4v) is 2.58. The van der Waals surface area contributed by atoms with Crippen LogP contribution < -0.4 is 10.6 Å². The Balaban J connectivity index is 2.00. The second-order valence-corrected chi connectivity index (χ2v) is 5.73. The Labute approximate surface area is 127 Å². The van der Waals surface area contributed by atoms with E-state index in [1.165, 1.54) is 18.3 Å². The maximum Gasteiger partial charge on any atom is 0.230 e. The van der Waals surface area contributed by atoms with Crippen molar-refractivity contribution in [3.05, 3.63) is 40.4 Å². The molecule has 2 N–H and O–H groups in total. The molecule has 5 nitrogen and oxygen atoms in total. The molecule has 0 aliphatic carbocycles. The first kappa shape index (κ1) is 15.2. The minimum absolute atomic E-state index is 0.122. The fraction of sp³-hybridized carbons (Fsp3) is 0.267. The normalized spacial score (nSPS) is 10.2. The molecule has 21 heavy (non-hydrogen) atoms. The van der Waals surface area contributed by atoms with E-state index >= 15 is 0 Å². The standard InChI is InChI=1S/C15H17N3O2S/c1-9-4-5-10(2)13(6-9)18-14(20)7-12-8-21-15(17-12)16-11(3)19/h4-6,8H,7H2,1-3H3,(H,18,20)(H,16,17,19). The molecule has 2 aromatic rings. The number of benzene rings is 1. The van der Waals surface area contributed by atoms with E-state index in [1.807, 2.05) is 32.0 Å². The van der Waals surface area contributed by atoms with E-state index in [4.69, 9.17) is 0 Å². The zero-order chi connectivity index (χ0) is 15.4. The summed E-state index contributed by atoms with van der Waals surface area (Å²) in [5.41, 5.74) is 3.58. The first-order valence-corrected chi connectivity index (χ1v) is 7.41. The molecule has 0 bridgehead atoms. The number of amides is 2. The van der Waals surface area contributed by atoms with Crippen molar-refractivity contribution in [3.63, 3.8) is 0 Å². The number of hydrogen-bond donors (Lipinski definition) is 2. The minimum Gasteiger partial charge on any atom is -0.325 e. The summed E-state index contributed by atoms with van der Waals surface area (Å²) in [6.07, 6.45) is 0.184. The number of carbonyl (C=O) groups is 2. The van der Waals surface area contributed by atoms with Crippen LogP contribution in [0.4, 0.5) is 10.8 Å². The first-order valence-electron chi connectivity index (χ1n) is 6.53. The highest BCUT2D eigenvalue weighted by molar-refractivity contribution is 7.13. The zero-order valence-corrected chi connectivity index (χ0v) is 13.0. The highest BCUT2D eigenvalue weighted by atomic mass is 32.1. The maximum absolute atomic E-state index is 12.0. The van der Waals surface area contributed by atoms with Gasteiger partial charge in [0.25, 0.3) is 0 Å². The van der Waals surface area contributed by atoms with Gasteiger partial charge in [0.2, 0.25) is 11.8 Å². The van der Waals surface area contributed by atoms with Gasteiger partial charge in [-0.1, -0.05) is 12.1 Å². The van der Waals surface area contributed by atoms with Crippen molar-refractivity contribution in [3.8, 4) is 0 Å². The topological polar surface area (TPSA) is 71.1 Å². The summed E-state index contributed by atoms with van der Waals surface area (Å²) in [5, 5.41) is 7.77. The molecule has 0 spiro atoms. The van der Waals surface area contributed by atoms with Crippen LogP contribution in [0.3, 0.4) is 0 Å². The number of thiazole rings is 1. The van der Waals surface area contributed by atoms with Gasteiger partial charge in [0.15, 0.2) is 5.13 Å². The lowest BCUT2D eigenvalue weighted by atomic mass is 10.1. The van der Waals surface area contributed by atoms with Crippen LogP contribution in [0.25, 0.3) is 0 Å². The Bertz CT molecular complexity index is 679. The highest BCUT2D eigenvalue weighted by Crippen LogP contribution is 2.18. The molecule has 1 aromatic heterocycles. The average Bonchev–Trinajstić information content (AvgIpc) is 2.80. The maximum atomic E-state index is 12.0. The molecule has 0 aliphatic rings. The zero-order valence-electron chi connectivity index (χ0n) is 12.2. The van der Waals surface area contributed by atoms with Crippen molar-refractivity contribution in [1.82, 2.24) is 4.98 Å². The number of aromatic nitrogens is 1. The molecule has 110 valence electrons. The van der Waals surface area contributed by atoms with Gasteiger partial charge >= 0.3 is 0 Å². The van der Waals surface area contributed by atoms with E-state index in [2.05, 4.69) is 15.6 Å². The molecular formula is C15H17N3O2S. The Morgan fingerprint density at radius 2 is 2.00 bits per heavy atom. The van der Waals surface area contributed by atoms with Crippen LogP contribution >= 0.6 is 11.3 Å². The van der Waals surface area contributed by atoms with Crippen molar-refractivity contribution >= 4 is 34.0 Å². The van der Waals surface area contributed by atoms with Crippen molar-refractivity contribution in [1.29, 1.82) is 0 Å². The van der Waals surface area contributed by atoms with Crippen LogP contribution in [0.2, 0.25) is 0 Å². The number of nitrogens with one attached hydrogen (secondary N) is 2. The molecule has 2 rings (SSSR count). The molecular weight excluding hydrogens is 286 g/mol. The Kier molecular flexibility index (Phi) is 4.70. The highest BCUT2D eigenvalue weighted by Gasteiger charge is 2.10. The molecule has 2 amide bonds. The summed E-state index contributed by atoms with van der Waals surface area (Å²) >= 11 is 1.31. The molecule has 0 atom stereocenters. The van der Waals surface area contributed by atoms with E-state index in [1.54, 1.807) is 5.38 Å². The van der Waals surface area contributed by atoms with Crippen molar-refractivity contribution in [2.45, 2.75) is 27.2 Å². The summed E-state index contributed by atoms with van der Waals surface area (Å²) in [5.74, 6) is -0.292. The third-order valence-corrected chi connectivity index (χ3v) is 3.65. The van der Waals surface area contributed by atoms with Gasteiger partial charge in [-0.3, -0.25) is 9.59 Å². The Hall–Kier alpha value is -2.21. The molecule has 1 aromatic carbocycles. The van der Waals surface area contributed by atoms with Gasteiger partial charge in [0, 0.05) is 18.0 Å². The third-order valence-electron chi connectivity index (χ3n) is 2.84. The van der Waals surface area contributed by atoms with E-state index in [-0.39, 0.29) is 18.2 Å². The van der Waals surface area contributed by atoms with Gasteiger partial charge in [0.1, 0.15) is 0 Å². The van der Waals surface area contributed by atoms with Gasteiger partial charge < -0.3 is 10.6 Å². The average molecular weight is 303 g/mol. The van der Waals surface area contributed by atoms with Crippen LogP contribution in [0.1, 0.15) is 23.7 Å². The first-order chi connectivity index (χ1) is 9.94. The van der Waals surface area contributed by atoms with Crippen LogP contribution in [-0.4, -0.2) is 16.8 Å². The van der Waals surface area contributed by atoms with E-state index in [9.17, 15) is 9.59 Å². The quantitative estimate of drug-likeness (QED) is 0.912. The molecule has 6 heteroatoms. The predicted molar refractivity (Wildman–Crippen MR) is 84.7 cm³/mol. The lowest BCUT2D eigenvalue weighted by Gasteiger charge is -2.08. The van der Waals surface area contributed by atoms with Gasteiger partial charge in [-0.15, -0.1) is 11.3 Å². The van der Waals surface area contributed by atoms with Gasteiger partial charge in [-0.25, -0.2) is 4.98 Å². The predicted octanol–water partition coefficient (Wildman–Crippen LogP) is 2.90. The van der Waals surface area contributed by atoms with Crippen molar-refractivity contribution < 1.29 is 9.59 Å². The van der Waals surface area contributed by atoms with Crippen molar-refractivity contribution in [2.24, 2.45) is 0 Å². The lowest BCUT2D eigenvalue weighted by Crippen LogP contribution is -2.15. The number of aryl methyl sites for hydroxylation is 2. The monoisotopic (exact) mass is 303 g/mol. The second kappa shape index (κ2) is 6.49. The van der Waals surface area contributed by atoms with Crippen LogP contribution in [0.5, 0.6) is 0 Å². The van der Waals surface area contributed by atoms with E-state index in [0.717, 1.165) is 16.8 Å². The Morgan fingerprint density at radius 3 is 2.71 bits per heavy atom. The summed E-state index contributed by atoms with van der Waals surface area (Å²) in [4.78, 5) is 27.2. The van der Waals surface area contributed by atoms with Crippen molar-refractivity contribution in [2.75, 3.05) is 10.6 Å². The summed E-state index contributed by atoms with van der Waals surface area (Å²) in [6, 6.07) is 5.92. The number of nitrogens with zero attached hydrogens (tertiary/aromatic N) is 1. The molecule has 0 radical (unpaired) electrons. The van der Waals surface area contributed by atoms with Crippen LogP contribution in [0.15, 0.2) is 23.6 Å².